The number of aliphatic hydroxyl groups is 1. The van der Waals surface area contributed by atoms with E-state index in [-0.39, 0.29) is 30.3 Å². The summed E-state index contributed by atoms with van der Waals surface area (Å²) in [6.45, 7) is 2.00. The minimum atomic E-state index is -3.26. The SMILES string of the molecule is COCC(CC1CCN(S(C)(=O)=O)CC1)C(NC(=O)c1ccc(F)cc1)[C](CCO)CC1CCN(S(C)(=O)=O)CC1. The molecular formula is C28H45FN3O7S2. The average molecular weight is 619 g/mol. The van der Waals surface area contributed by atoms with Crippen LogP contribution in [0.2, 0.25) is 0 Å². The molecule has 2 unspecified atom stereocenters. The van der Waals surface area contributed by atoms with E-state index in [1.165, 1.54) is 45.4 Å². The van der Waals surface area contributed by atoms with Crippen molar-refractivity contribution in [1.29, 1.82) is 0 Å². The maximum absolute atomic E-state index is 13.5. The van der Waals surface area contributed by atoms with Crippen LogP contribution in [0.15, 0.2) is 24.3 Å². The fourth-order valence-corrected chi connectivity index (χ4v) is 7.89. The molecule has 10 nitrogen and oxygen atoms in total. The lowest BCUT2D eigenvalue weighted by Gasteiger charge is -2.39. The van der Waals surface area contributed by atoms with Crippen molar-refractivity contribution in [3.8, 4) is 0 Å². The summed E-state index contributed by atoms with van der Waals surface area (Å²) in [5.41, 5.74) is 0.318. The zero-order valence-corrected chi connectivity index (χ0v) is 25.9. The summed E-state index contributed by atoms with van der Waals surface area (Å²) in [6, 6.07) is 4.89. The van der Waals surface area contributed by atoms with E-state index >= 15 is 0 Å². The molecule has 2 atom stereocenters. The van der Waals surface area contributed by atoms with Crippen molar-refractivity contribution in [3.05, 3.63) is 41.6 Å². The highest BCUT2D eigenvalue weighted by Crippen LogP contribution is 2.36. The second-order valence-electron chi connectivity index (χ2n) is 11.5. The van der Waals surface area contributed by atoms with Gasteiger partial charge in [0.15, 0.2) is 0 Å². The van der Waals surface area contributed by atoms with Crippen LogP contribution in [0.1, 0.15) is 55.3 Å². The summed E-state index contributed by atoms with van der Waals surface area (Å²) in [7, 11) is -4.91. The van der Waals surface area contributed by atoms with E-state index < -0.39 is 31.9 Å². The first-order chi connectivity index (χ1) is 19.3. The number of amides is 1. The van der Waals surface area contributed by atoms with Gasteiger partial charge in [0.2, 0.25) is 20.0 Å². The fourth-order valence-electron chi connectivity index (χ4n) is 6.14. The van der Waals surface area contributed by atoms with Crippen molar-refractivity contribution >= 4 is 26.0 Å². The van der Waals surface area contributed by atoms with E-state index in [0.29, 0.717) is 83.3 Å². The molecule has 1 aromatic carbocycles. The number of hydrogen-bond acceptors (Lipinski definition) is 7. The molecule has 2 N–H and O–H groups in total. The fraction of sp³-hybridized carbons (Fsp3) is 0.714. The number of benzene rings is 1. The number of methoxy groups -OCH3 is 1. The Hall–Kier alpha value is -1.64. The number of nitrogens with zero attached hydrogens (tertiary/aromatic N) is 2. The van der Waals surface area contributed by atoms with Gasteiger partial charge in [0.1, 0.15) is 5.82 Å². The van der Waals surface area contributed by atoms with Gasteiger partial charge in [0, 0.05) is 63.3 Å². The second-order valence-corrected chi connectivity index (χ2v) is 15.4. The number of sulfonamides is 2. The van der Waals surface area contributed by atoms with E-state index in [2.05, 4.69) is 5.32 Å². The maximum Gasteiger partial charge on any atom is 0.251 e. The molecule has 1 aromatic rings. The van der Waals surface area contributed by atoms with Crippen LogP contribution in [0, 0.1) is 29.5 Å². The summed E-state index contributed by atoms with van der Waals surface area (Å²) in [5, 5.41) is 13.2. The van der Waals surface area contributed by atoms with Crippen LogP contribution < -0.4 is 5.32 Å². The lowest BCUT2D eigenvalue weighted by Crippen LogP contribution is -2.48. The van der Waals surface area contributed by atoms with Crippen molar-refractivity contribution < 1.29 is 35.9 Å². The van der Waals surface area contributed by atoms with Gasteiger partial charge >= 0.3 is 0 Å². The van der Waals surface area contributed by atoms with Crippen LogP contribution in [0.5, 0.6) is 0 Å². The first-order valence-corrected chi connectivity index (χ1v) is 17.9. The molecule has 2 heterocycles. The van der Waals surface area contributed by atoms with Crippen LogP contribution in [-0.2, 0) is 24.8 Å². The molecule has 0 spiro atoms. The predicted octanol–water partition coefficient (Wildman–Crippen LogP) is 2.27. The molecule has 3 rings (SSSR count). The van der Waals surface area contributed by atoms with Crippen LogP contribution in [0.3, 0.4) is 0 Å². The molecule has 13 heteroatoms. The Morgan fingerprint density at radius 1 is 0.976 bits per heavy atom. The second kappa shape index (κ2) is 15.2. The molecule has 2 saturated heterocycles. The molecule has 0 saturated carbocycles. The normalized spacial score (nSPS) is 20.2. The number of hydrogen-bond donors (Lipinski definition) is 2. The number of piperidine rings is 2. The monoisotopic (exact) mass is 618 g/mol. The van der Waals surface area contributed by atoms with Crippen molar-refractivity contribution in [1.82, 2.24) is 13.9 Å². The van der Waals surface area contributed by atoms with Crippen LogP contribution >= 0.6 is 0 Å². The molecule has 2 fully saturated rings. The molecule has 1 radical (unpaired) electrons. The number of aliphatic hydroxyl groups excluding tert-OH is 1. The number of halogens is 1. The highest BCUT2D eigenvalue weighted by atomic mass is 32.2. The molecule has 41 heavy (non-hydrogen) atoms. The zero-order valence-electron chi connectivity index (χ0n) is 24.3. The minimum Gasteiger partial charge on any atom is -0.396 e. The van der Waals surface area contributed by atoms with Gasteiger partial charge in [-0.05, 0) is 81.0 Å². The van der Waals surface area contributed by atoms with E-state index in [1.54, 1.807) is 7.11 Å². The number of ether oxygens (including phenoxy) is 1. The van der Waals surface area contributed by atoms with E-state index in [4.69, 9.17) is 4.74 Å². The van der Waals surface area contributed by atoms with E-state index in [0.717, 1.165) is 5.92 Å². The van der Waals surface area contributed by atoms with Gasteiger partial charge in [-0.1, -0.05) is 0 Å². The molecule has 2 aliphatic heterocycles. The highest BCUT2D eigenvalue weighted by Gasteiger charge is 2.37. The maximum atomic E-state index is 13.5. The van der Waals surface area contributed by atoms with Gasteiger partial charge in [-0.15, -0.1) is 0 Å². The van der Waals surface area contributed by atoms with Gasteiger partial charge in [0.25, 0.3) is 5.91 Å². The summed E-state index contributed by atoms with van der Waals surface area (Å²) in [6.07, 6.45) is 6.88. The van der Waals surface area contributed by atoms with Crippen molar-refractivity contribution in [2.24, 2.45) is 17.8 Å². The molecule has 0 bridgehead atoms. The van der Waals surface area contributed by atoms with Gasteiger partial charge in [0.05, 0.1) is 19.1 Å². The third-order valence-corrected chi connectivity index (χ3v) is 11.0. The summed E-state index contributed by atoms with van der Waals surface area (Å²) in [5.74, 6) is 0.454. The largest absolute Gasteiger partial charge is 0.396 e. The minimum absolute atomic E-state index is 0.104. The first kappa shape index (κ1) is 33.9. The van der Waals surface area contributed by atoms with Crippen LogP contribution in [0.25, 0.3) is 0 Å². The average Bonchev–Trinajstić information content (AvgIpc) is 2.91. The van der Waals surface area contributed by atoms with Gasteiger partial charge < -0.3 is 15.2 Å². The molecule has 0 aromatic heterocycles. The Morgan fingerprint density at radius 3 is 1.95 bits per heavy atom. The third kappa shape index (κ3) is 10.2. The topological polar surface area (TPSA) is 133 Å². The number of nitrogens with one attached hydrogen (secondary N) is 1. The van der Waals surface area contributed by atoms with Crippen molar-refractivity contribution in [2.75, 3.05) is 59.0 Å². The molecular weight excluding hydrogens is 573 g/mol. The van der Waals surface area contributed by atoms with E-state index in [9.17, 15) is 31.1 Å². The van der Waals surface area contributed by atoms with Gasteiger partial charge in [-0.2, -0.15) is 0 Å². The molecule has 2 aliphatic rings. The standard InChI is InChI=1S/C28H45FN3O7S2/c1-39-20-25(19-22-10-15-32(16-11-22)41(3,37)38)27(30-28(34)23-4-6-26(29)7-5-23)24(12-17-33)18-21-8-13-31(14-9-21)40(2,35)36/h4-7,21-22,25,27,33H,8-20H2,1-3H3,(H,30,34). The summed E-state index contributed by atoms with van der Waals surface area (Å²) < 4.78 is 70.1. The summed E-state index contributed by atoms with van der Waals surface area (Å²) >= 11 is 0. The number of rotatable bonds is 14. The number of carbonyl (C=O) groups is 1. The van der Waals surface area contributed by atoms with Gasteiger partial charge in [-0.25, -0.2) is 29.8 Å². The van der Waals surface area contributed by atoms with Crippen LogP contribution in [0.4, 0.5) is 4.39 Å². The van der Waals surface area contributed by atoms with E-state index in [1.807, 2.05) is 0 Å². The van der Waals surface area contributed by atoms with Crippen LogP contribution in [-0.4, -0.2) is 102 Å². The lowest BCUT2D eigenvalue weighted by atomic mass is 9.75. The Kier molecular flexibility index (Phi) is 12.5. The predicted molar refractivity (Wildman–Crippen MR) is 155 cm³/mol. The van der Waals surface area contributed by atoms with Gasteiger partial charge in [-0.3, -0.25) is 4.79 Å². The van der Waals surface area contributed by atoms with Crippen molar-refractivity contribution in [2.45, 2.75) is 51.0 Å². The third-order valence-electron chi connectivity index (χ3n) is 8.39. The zero-order chi connectivity index (χ0) is 30.2. The Bertz CT molecular complexity index is 1120. The lowest BCUT2D eigenvalue weighted by molar-refractivity contribution is 0.0809. The Labute approximate surface area is 244 Å². The molecule has 0 aliphatic carbocycles. The summed E-state index contributed by atoms with van der Waals surface area (Å²) in [4.78, 5) is 13.4. The Morgan fingerprint density at radius 2 is 1.49 bits per heavy atom. The Balaban J connectivity index is 1.82. The smallest absolute Gasteiger partial charge is 0.251 e. The van der Waals surface area contributed by atoms with Crippen molar-refractivity contribution in [3.63, 3.8) is 0 Å². The molecule has 233 valence electrons. The molecule has 1 amide bonds. The first-order valence-electron chi connectivity index (χ1n) is 14.2. The quantitative estimate of drug-likeness (QED) is 0.327. The highest BCUT2D eigenvalue weighted by molar-refractivity contribution is 7.88. The number of carbonyl (C=O) groups excluding carboxylic acids is 1.